The summed E-state index contributed by atoms with van der Waals surface area (Å²) in [5.41, 5.74) is -2.23. The SMILES string of the molecule is O=CC1(O[N+](=O)[O-])C[C@@H](O)C(O)[C@@](O)(Br)C1Cl. The van der Waals surface area contributed by atoms with Gasteiger partial charge in [0.25, 0.3) is 5.09 Å². The number of alkyl halides is 2. The highest BCUT2D eigenvalue weighted by Gasteiger charge is 2.61. The molecule has 1 rings (SSSR count). The second kappa shape index (κ2) is 4.65. The molecule has 0 aromatic carbocycles. The van der Waals surface area contributed by atoms with Crippen LogP contribution in [0, 0.1) is 10.1 Å². The summed E-state index contributed by atoms with van der Waals surface area (Å²) in [7, 11) is 0. The Morgan fingerprint density at radius 2 is 2.12 bits per heavy atom. The molecule has 0 heterocycles. The lowest BCUT2D eigenvalue weighted by atomic mass is 9.80. The highest BCUT2D eigenvalue weighted by molar-refractivity contribution is 9.10. The fourth-order valence-electron chi connectivity index (χ4n) is 1.66. The first kappa shape index (κ1) is 14.6. The molecular weight excluding hydrogens is 325 g/mol. The van der Waals surface area contributed by atoms with E-state index in [0.29, 0.717) is 0 Å². The lowest BCUT2D eigenvalue weighted by Crippen LogP contribution is -2.67. The molecule has 0 aromatic heterocycles. The zero-order valence-electron chi connectivity index (χ0n) is 8.19. The maximum Gasteiger partial charge on any atom is 0.295 e. The highest BCUT2D eigenvalue weighted by atomic mass is 79.9. The second-order valence-electron chi connectivity index (χ2n) is 3.69. The summed E-state index contributed by atoms with van der Waals surface area (Å²) in [4.78, 5) is 25.4. The van der Waals surface area contributed by atoms with E-state index in [9.17, 15) is 30.2 Å². The summed E-state index contributed by atoms with van der Waals surface area (Å²) in [6, 6.07) is 0. The van der Waals surface area contributed by atoms with Gasteiger partial charge < -0.3 is 20.1 Å². The summed E-state index contributed by atoms with van der Waals surface area (Å²) >= 11 is 8.33. The van der Waals surface area contributed by atoms with Crippen LogP contribution in [0.2, 0.25) is 0 Å². The molecule has 3 unspecified atom stereocenters. The molecule has 0 aliphatic heterocycles. The smallest absolute Gasteiger partial charge is 0.295 e. The van der Waals surface area contributed by atoms with Crippen molar-refractivity contribution in [2.75, 3.05) is 0 Å². The van der Waals surface area contributed by atoms with Gasteiger partial charge in [-0.25, -0.2) is 0 Å². The van der Waals surface area contributed by atoms with E-state index in [4.69, 9.17) is 11.6 Å². The number of halogens is 2. The predicted molar refractivity (Wildman–Crippen MR) is 57.0 cm³/mol. The first-order chi connectivity index (χ1) is 7.67. The van der Waals surface area contributed by atoms with Crippen LogP contribution >= 0.6 is 27.5 Å². The Kier molecular flexibility index (Phi) is 3.99. The van der Waals surface area contributed by atoms with Crippen molar-refractivity contribution in [3.63, 3.8) is 0 Å². The molecule has 1 aliphatic carbocycles. The molecule has 0 saturated heterocycles. The van der Waals surface area contributed by atoms with Gasteiger partial charge in [0.1, 0.15) is 11.5 Å². The van der Waals surface area contributed by atoms with E-state index in [1.165, 1.54) is 0 Å². The maximum atomic E-state index is 10.9. The molecular formula is C7H9BrClNO7. The molecule has 17 heavy (non-hydrogen) atoms. The topological polar surface area (TPSA) is 130 Å². The molecule has 0 amide bonds. The van der Waals surface area contributed by atoms with Crippen LogP contribution in [0.15, 0.2) is 0 Å². The van der Waals surface area contributed by atoms with Gasteiger partial charge in [-0.1, -0.05) is 0 Å². The third-order valence-electron chi connectivity index (χ3n) is 2.54. The second-order valence-corrected chi connectivity index (χ2v) is 5.40. The van der Waals surface area contributed by atoms with Crippen molar-refractivity contribution < 1.29 is 30.0 Å². The van der Waals surface area contributed by atoms with Crippen molar-refractivity contribution in [1.82, 2.24) is 0 Å². The van der Waals surface area contributed by atoms with E-state index in [1.807, 2.05) is 0 Å². The van der Waals surface area contributed by atoms with E-state index in [0.717, 1.165) is 0 Å². The van der Waals surface area contributed by atoms with Gasteiger partial charge >= 0.3 is 0 Å². The highest BCUT2D eigenvalue weighted by Crippen LogP contribution is 2.44. The number of rotatable bonds is 3. The number of nitrogens with zero attached hydrogens (tertiary/aromatic N) is 1. The van der Waals surface area contributed by atoms with Crippen molar-refractivity contribution in [3.8, 4) is 0 Å². The average Bonchev–Trinajstić information content (AvgIpc) is 2.23. The van der Waals surface area contributed by atoms with E-state index in [2.05, 4.69) is 20.8 Å². The molecule has 3 N–H and O–H groups in total. The summed E-state index contributed by atoms with van der Waals surface area (Å²) in [6.45, 7) is 0. The maximum absolute atomic E-state index is 10.9. The Morgan fingerprint density at radius 1 is 1.59 bits per heavy atom. The minimum absolute atomic E-state index is 0.0226. The Morgan fingerprint density at radius 3 is 2.53 bits per heavy atom. The Hall–Kier alpha value is -0.480. The monoisotopic (exact) mass is 333 g/mol. The predicted octanol–water partition coefficient (Wildman–Crippen LogP) is -1.05. The molecule has 0 aromatic rings. The number of hydrogen-bond donors (Lipinski definition) is 3. The number of aldehydes is 1. The van der Waals surface area contributed by atoms with E-state index < -0.39 is 39.2 Å². The minimum atomic E-state index is -2.29. The molecule has 1 saturated carbocycles. The standard InChI is InChI=1S/C7H9BrClNO7/c8-7(14)4(13)3(12)1-6(2-11,5(7)9)17-10(15)16/h2-5,12-14H,1H2/t3-,4?,5?,6?,7+/m1/s1. The van der Waals surface area contributed by atoms with Gasteiger partial charge in [0.2, 0.25) is 0 Å². The van der Waals surface area contributed by atoms with Crippen molar-refractivity contribution in [3.05, 3.63) is 10.1 Å². The number of carbonyl (C=O) groups excluding carboxylic acids is 1. The van der Waals surface area contributed by atoms with Crippen LogP contribution in [-0.2, 0) is 9.63 Å². The van der Waals surface area contributed by atoms with Crippen LogP contribution in [0.5, 0.6) is 0 Å². The first-order valence-electron chi connectivity index (χ1n) is 4.38. The van der Waals surface area contributed by atoms with Crippen LogP contribution < -0.4 is 0 Å². The molecule has 10 heteroatoms. The van der Waals surface area contributed by atoms with Crippen molar-refractivity contribution >= 4 is 33.8 Å². The lowest BCUT2D eigenvalue weighted by Gasteiger charge is -2.46. The summed E-state index contributed by atoms with van der Waals surface area (Å²) in [5, 5.41) is 36.1. The fraction of sp³-hybridized carbons (Fsp3) is 0.857. The van der Waals surface area contributed by atoms with E-state index in [-0.39, 0.29) is 6.29 Å². The van der Waals surface area contributed by atoms with Crippen molar-refractivity contribution in [1.29, 1.82) is 0 Å². The molecule has 5 atom stereocenters. The molecule has 1 aliphatic rings. The Balaban J connectivity index is 3.15. The van der Waals surface area contributed by atoms with Gasteiger partial charge in [-0.3, -0.25) is 4.84 Å². The first-order valence-corrected chi connectivity index (χ1v) is 5.61. The number of aliphatic hydroxyl groups is 3. The molecule has 98 valence electrons. The Bertz CT molecular complexity index is 340. The third-order valence-corrected chi connectivity index (χ3v) is 4.43. The van der Waals surface area contributed by atoms with Gasteiger partial charge in [-0.15, -0.1) is 21.7 Å². The zero-order valence-corrected chi connectivity index (χ0v) is 10.5. The van der Waals surface area contributed by atoms with E-state index >= 15 is 0 Å². The summed E-state index contributed by atoms with van der Waals surface area (Å²) in [5.74, 6) is 0. The molecule has 0 spiro atoms. The van der Waals surface area contributed by atoms with Crippen LogP contribution in [0.4, 0.5) is 0 Å². The fourth-order valence-corrected chi connectivity index (χ4v) is 2.66. The van der Waals surface area contributed by atoms with Gasteiger partial charge in [0, 0.05) is 6.42 Å². The minimum Gasteiger partial charge on any atom is -0.390 e. The summed E-state index contributed by atoms with van der Waals surface area (Å²) in [6.07, 6.45) is -3.91. The average molecular weight is 335 g/mol. The van der Waals surface area contributed by atoms with Gasteiger partial charge in [-0.05, 0) is 15.9 Å². The molecule has 0 radical (unpaired) electrons. The molecule has 8 nitrogen and oxygen atoms in total. The quantitative estimate of drug-likeness (QED) is 0.260. The molecule has 0 bridgehead atoms. The zero-order chi connectivity index (χ0) is 13.4. The number of carbonyl (C=O) groups is 1. The normalized spacial score (nSPS) is 46.3. The number of hydrogen-bond acceptors (Lipinski definition) is 7. The molecule has 1 fully saturated rings. The van der Waals surface area contributed by atoms with Crippen LogP contribution in [0.3, 0.4) is 0 Å². The van der Waals surface area contributed by atoms with Crippen molar-refractivity contribution in [2.24, 2.45) is 0 Å². The van der Waals surface area contributed by atoms with Crippen LogP contribution in [-0.4, -0.2) is 54.4 Å². The van der Waals surface area contributed by atoms with Gasteiger partial charge in [-0.2, -0.15) is 0 Å². The van der Waals surface area contributed by atoms with Crippen LogP contribution in [0.1, 0.15) is 6.42 Å². The lowest BCUT2D eigenvalue weighted by molar-refractivity contribution is -0.777. The van der Waals surface area contributed by atoms with Crippen LogP contribution in [0.25, 0.3) is 0 Å². The summed E-state index contributed by atoms with van der Waals surface area (Å²) < 4.78 is -2.29. The van der Waals surface area contributed by atoms with E-state index in [1.54, 1.807) is 0 Å². The van der Waals surface area contributed by atoms with Crippen molar-refractivity contribution in [2.45, 2.75) is 34.1 Å². The largest absolute Gasteiger partial charge is 0.390 e. The van der Waals surface area contributed by atoms with Gasteiger partial charge in [0.15, 0.2) is 16.4 Å². The Labute approximate surface area is 108 Å². The number of aliphatic hydroxyl groups excluding tert-OH is 2. The van der Waals surface area contributed by atoms with Gasteiger partial charge in [0.05, 0.1) is 6.10 Å². The third kappa shape index (κ3) is 2.38.